The molecule has 2 aliphatic heterocycles. The van der Waals surface area contributed by atoms with Crippen molar-refractivity contribution in [3.63, 3.8) is 0 Å². The van der Waals surface area contributed by atoms with Crippen LogP contribution in [0.5, 0.6) is 0 Å². The molecule has 0 bridgehead atoms. The van der Waals surface area contributed by atoms with Crippen LogP contribution in [0.25, 0.3) is 5.65 Å². The molecule has 3 N–H and O–H groups in total. The van der Waals surface area contributed by atoms with Gasteiger partial charge in [-0.15, -0.1) is 0 Å². The van der Waals surface area contributed by atoms with Crippen molar-refractivity contribution in [2.24, 2.45) is 5.92 Å². The molecule has 288 valence electrons. The monoisotopic (exact) mass is 758 g/mol. The Labute approximate surface area is 290 Å². The fraction of sp³-hybridized carbons (Fsp3) is 0.516. The van der Waals surface area contributed by atoms with E-state index in [-0.39, 0.29) is 0 Å². The van der Waals surface area contributed by atoms with Crippen molar-refractivity contribution in [1.29, 1.82) is 0 Å². The minimum Gasteiger partial charge on any atom is -0.475 e. The quantitative estimate of drug-likeness (QED) is 0.274. The second-order valence-corrected chi connectivity index (χ2v) is 11.9. The van der Waals surface area contributed by atoms with Crippen LogP contribution in [0.15, 0.2) is 48.9 Å². The summed E-state index contributed by atoms with van der Waals surface area (Å²) in [4.78, 5) is 43.9. The number of nitrogens with zero attached hydrogens (tertiary/aromatic N) is 6. The lowest BCUT2D eigenvalue weighted by Crippen LogP contribution is -2.48. The number of anilines is 1. The minimum atomic E-state index is -5.08. The number of halogens is 9. The van der Waals surface area contributed by atoms with Gasteiger partial charge in [0.05, 0.1) is 11.7 Å². The number of carboxylic acids is 3. The van der Waals surface area contributed by atoms with Gasteiger partial charge < -0.3 is 20.2 Å². The first-order chi connectivity index (χ1) is 24.2. The smallest absolute Gasteiger partial charge is 0.475 e. The van der Waals surface area contributed by atoms with Gasteiger partial charge in [-0.3, -0.25) is 19.2 Å². The van der Waals surface area contributed by atoms with E-state index in [0.717, 1.165) is 50.8 Å². The van der Waals surface area contributed by atoms with Gasteiger partial charge in [-0.1, -0.05) is 12.1 Å². The molecule has 1 saturated carbocycles. The summed E-state index contributed by atoms with van der Waals surface area (Å²) in [6, 6.07) is 11.2. The molecule has 3 fully saturated rings. The molecular formula is C31H35F9N6O6. The maximum atomic E-state index is 10.6. The molecule has 1 aliphatic carbocycles. The van der Waals surface area contributed by atoms with Crippen LogP contribution in [0.1, 0.15) is 43.0 Å². The van der Waals surface area contributed by atoms with E-state index in [4.69, 9.17) is 34.7 Å². The van der Waals surface area contributed by atoms with Gasteiger partial charge >= 0.3 is 36.4 Å². The Bertz CT molecular complexity index is 1570. The Hall–Kier alpha value is -4.66. The molecule has 3 aromatic rings. The second-order valence-electron chi connectivity index (χ2n) is 11.9. The van der Waals surface area contributed by atoms with E-state index in [1.54, 1.807) is 0 Å². The number of alkyl halides is 9. The summed E-state index contributed by atoms with van der Waals surface area (Å²) in [6.45, 7) is 7.76. The number of hydrogen-bond acceptors (Lipinski definition) is 8. The van der Waals surface area contributed by atoms with Crippen LogP contribution in [0.2, 0.25) is 0 Å². The molecule has 0 amide bonds. The SMILES string of the molecule is O=C(O)C(F)(F)F.O=C(O)C(F)(F)F.O=C(O)C(F)(F)F.c1cncc(CN2CCN(CC3CC3)C(c3cn4c(N5CCCC5)cccc4n3)C2)c1. The number of carbonyl (C=O) groups is 3. The maximum absolute atomic E-state index is 10.6. The van der Waals surface area contributed by atoms with E-state index in [2.05, 4.69) is 54.5 Å². The van der Waals surface area contributed by atoms with Gasteiger partial charge in [0.1, 0.15) is 11.5 Å². The maximum Gasteiger partial charge on any atom is 0.490 e. The van der Waals surface area contributed by atoms with Crippen molar-refractivity contribution in [3.8, 4) is 0 Å². The van der Waals surface area contributed by atoms with E-state index in [1.807, 2.05) is 18.5 Å². The summed E-state index contributed by atoms with van der Waals surface area (Å²) in [5.74, 6) is -6.08. The number of aromatic nitrogens is 3. The first-order valence-corrected chi connectivity index (χ1v) is 15.7. The Balaban J connectivity index is 0.000000285. The summed E-state index contributed by atoms with van der Waals surface area (Å²) >= 11 is 0. The zero-order valence-corrected chi connectivity index (χ0v) is 27.2. The third kappa shape index (κ3) is 13.1. The molecule has 0 spiro atoms. The standard InChI is InChI=1S/C25H32N6.3C2HF3O2/c1-2-12-29(11-1)25-7-3-6-24-27-22(18-31(24)25)23-19-28(16-21-5-4-10-26-15-21)13-14-30(23)17-20-8-9-20;3*3-2(4,5)1(6)7/h3-7,10,15,18,20,23H,1-2,8-9,11-14,16-17,19H2;3*(H,6,7). The van der Waals surface area contributed by atoms with Crippen LogP contribution in [0.4, 0.5) is 45.3 Å². The van der Waals surface area contributed by atoms with Crippen LogP contribution < -0.4 is 4.90 Å². The van der Waals surface area contributed by atoms with E-state index < -0.39 is 36.4 Å². The lowest BCUT2D eigenvalue weighted by Gasteiger charge is -2.41. The molecule has 3 aromatic heterocycles. The molecule has 0 radical (unpaired) electrons. The second kappa shape index (κ2) is 17.7. The molecule has 1 atom stereocenters. The fourth-order valence-corrected chi connectivity index (χ4v) is 5.28. The van der Waals surface area contributed by atoms with Crippen molar-refractivity contribution in [2.75, 3.05) is 44.2 Å². The molecule has 6 rings (SSSR count). The summed E-state index contributed by atoms with van der Waals surface area (Å²) in [6.07, 6.45) is -3.70. The van der Waals surface area contributed by atoms with E-state index >= 15 is 0 Å². The van der Waals surface area contributed by atoms with Gasteiger partial charge in [0.15, 0.2) is 0 Å². The molecule has 5 heterocycles. The zero-order chi connectivity index (χ0) is 38.9. The Kier molecular flexibility index (Phi) is 14.2. The number of piperazine rings is 1. The molecule has 3 aliphatic rings. The summed E-state index contributed by atoms with van der Waals surface area (Å²) in [7, 11) is 0. The van der Waals surface area contributed by atoms with Crippen molar-refractivity contribution >= 4 is 29.4 Å². The predicted molar refractivity (Wildman–Crippen MR) is 164 cm³/mol. The van der Waals surface area contributed by atoms with Crippen molar-refractivity contribution in [2.45, 2.75) is 56.8 Å². The zero-order valence-electron chi connectivity index (χ0n) is 27.2. The molecule has 1 unspecified atom stereocenters. The largest absolute Gasteiger partial charge is 0.490 e. The van der Waals surface area contributed by atoms with Crippen LogP contribution in [-0.4, -0.2) is 115 Å². The highest BCUT2D eigenvalue weighted by Gasteiger charge is 2.39. The number of fused-ring (bicyclic) bond motifs is 1. The van der Waals surface area contributed by atoms with Crippen molar-refractivity contribution in [3.05, 3.63) is 60.2 Å². The molecule has 12 nitrogen and oxygen atoms in total. The number of hydrogen-bond donors (Lipinski definition) is 3. The van der Waals surface area contributed by atoms with Crippen molar-refractivity contribution in [1.82, 2.24) is 24.2 Å². The van der Waals surface area contributed by atoms with Gasteiger partial charge in [-0.2, -0.15) is 39.5 Å². The highest BCUT2D eigenvalue weighted by molar-refractivity contribution is 5.73. The van der Waals surface area contributed by atoms with Gasteiger partial charge in [0.2, 0.25) is 0 Å². The third-order valence-corrected chi connectivity index (χ3v) is 7.88. The van der Waals surface area contributed by atoms with Gasteiger partial charge in [-0.05, 0) is 55.4 Å². The van der Waals surface area contributed by atoms with Gasteiger partial charge in [0.25, 0.3) is 0 Å². The molecule has 2 saturated heterocycles. The van der Waals surface area contributed by atoms with Crippen LogP contribution in [0.3, 0.4) is 0 Å². The lowest BCUT2D eigenvalue weighted by molar-refractivity contribution is -0.193. The highest BCUT2D eigenvalue weighted by atomic mass is 19.4. The minimum absolute atomic E-state index is 0.359. The van der Waals surface area contributed by atoms with Crippen LogP contribution in [-0.2, 0) is 20.9 Å². The average molecular weight is 759 g/mol. The van der Waals surface area contributed by atoms with Crippen molar-refractivity contribution < 1.29 is 69.2 Å². The lowest BCUT2D eigenvalue weighted by atomic mass is 10.1. The Morgan fingerprint density at radius 2 is 1.33 bits per heavy atom. The van der Waals surface area contributed by atoms with E-state index in [9.17, 15) is 39.5 Å². The molecule has 21 heteroatoms. The van der Waals surface area contributed by atoms with Gasteiger partial charge in [0, 0.05) is 64.4 Å². The Morgan fingerprint density at radius 1 is 0.769 bits per heavy atom. The number of rotatable bonds is 6. The van der Waals surface area contributed by atoms with Crippen LogP contribution >= 0.6 is 0 Å². The number of carboxylic acid groups (broad SMARTS) is 3. The fourth-order valence-electron chi connectivity index (χ4n) is 5.28. The summed E-state index contributed by atoms with van der Waals surface area (Å²) in [5.41, 5.74) is 3.60. The predicted octanol–water partition coefficient (Wildman–Crippen LogP) is 5.50. The van der Waals surface area contributed by atoms with Crippen LogP contribution in [0, 0.1) is 5.92 Å². The third-order valence-electron chi connectivity index (χ3n) is 7.88. The normalized spacial score (nSPS) is 18.3. The van der Waals surface area contributed by atoms with E-state index in [0.29, 0.717) is 6.04 Å². The summed E-state index contributed by atoms with van der Waals surface area (Å²) in [5, 5.41) is 21.4. The Morgan fingerprint density at radius 3 is 1.81 bits per heavy atom. The number of aliphatic carboxylic acids is 3. The number of pyridine rings is 2. The first kappa shape index (κ1) is 41.8. The van der Waals surface area contributed by atoms with E-state index in [1.165, 1.54) is 49.3 Å². The average Bonchev–Trinajstić information content (AvgIpc) is 3.50. The molecule has 0 aromatic carbocycles. The molecule has 52 heavy (non-hydrogen) atoms. The molecular weight excluding hydrogens is 723 g/mol. The topological polar surface area (TPSA) is 152 Å². The summed E-state index contributed by atoms with van der Waals surface area (Å²) < 4.78 is 97.5. The number of imidazole rings is 1. The highest BCUT2D eigenvalue weighted by Crippen LogP contribution is 2.35. The van der Waals surface area contributed by atoms with Gasteiger partial charge in [-0.25, -0.2) is 19.4 Å². The first-order valence-electron chi connectivity index (χ1n) is 15.7.